The number of hydrogen-bond acceptors (Lipinski definition) is 6. The molecule has 0 unspecified atom stereocenters. The van der Waals surface area contributed by atoms with Gasteiger partial charge in [0.05, 0.1) is 0 Å². The molecule has 6 nitrogen and oxygen atoms in total. The predicted octanol–water partition coefficient (Wildman–Crippen LogP) is 8.33. The molecule has 0 aliphatic heterocycles. The van der Waals surface area contributed by atoms with E-state index >= 15 is 0 Å². The Morgan fingerprint density at radius 2 is 1.02 bits per heavy atom. The topological polar surface area (TPSA) is 71.1 Å². The highest BCUT2D eigenvalue weighted by molar-refractivity contribution is 5.87. The first-order chi connectivity index (χ1) is 24.9. The molecule has 0 saturated heterocycles. The fraction of sp³-hybridized carbons (Fsp3) is 0.111. The van der Waals surface area contributed by atoms with Crippen LogP contribution in [-0.2, 0) is 19.1 Å². The quantitative estimate of drug-likeness (QED) is 0.0437. The Balaban J connectivity index is 1.14. The minimum absolute atomic E-state index is 0.161. The first kappa shape index (κ1) is 35.5. The number of carbonyl (C=O) groups excluding carboxylic acids is 2. The number of aryl methyl sites for hydroxylation is 1. The number of ether oxygens (including phenoxy) is 4. The monoisotopic (exact) mass is 672 g/mol. The van der Waals surface area contributed by atoms with Crippen LogP contribution in [0.4, 0.5) is 0 Å². The molecule has 5 aromatic rings. The van der Waals surface area contributed by atoms with Crippen LogP contribution in [-0.4, -0.2) is 38.4 Å². The summed E-state index contributed by atoms with van der Waals surface area (Å²) in [5.41, 5.74) is 6.98. The number of carbonyl (C=O) groups is 2. The Labute approximate surface area is 298 Å². The molecule has 0 aromatic heterocycles. The SMILES string of the molecule is C=CC(=O)OCCOc1ccc(C#Cc2ccc(/C=C/c3ccc4cc(C#Cc5ccc(OCCOC(=O)C=C)cc5)ccc4c3)c(C)c2)cc1. The summed E-state index contributed by atoms with van der Waals surface area (Å²) in [6.07, 6.45) is 6.49. The van der Waals surface area contributed by atoms with E-state index in [9.17, 15) is 9.59 Å². The zero-order valence-corrected chi connectivity index (χ0v) is 28.3. The van der Waals surface area contributed by atoms with Gasteiger partial charge in [-0.2, -0.15) is 0 Å². The molecular formula is C45H36O6. The highest BCUT2D eigenvalue weighted by atomic mass is 16.6. The molecule has 0 amide bonds. The standard InChI is InChI=1S/C45H36O6/c1-4-44(46)50-28-26-48-42-22-14-34(15-23-42)6-8-36-10-18-39(33(3)30-36)19-11-38-13-21-40-31-37(12-20-41(40)32-38)9-7-35-16-24-43(25-17-35)49-27-29-51-45(47)5-2/h4-5,10-25,30-32H,1-2,26-29H2,3H3/b19-11+. The lowest BCUT2D eigenvalue weighted by Gasteiger charge is -2.06. The molecule has 0 atom stereocenters. The van der Waals surface area contributed by atoms with Crippen LogP contribution in [0.25, 0.3) is 22.9 Å². The maximum atomic E-state index is 11.1. The normalized spacial score (nSPS) is 10.3. The van der Waals surface area contributed by atoms with Crippen LogP contribution < -0.4 is 9.47 Å². The van der Waals surface area contributed by atoms with Gasteiger partial charge in [0.1, 0.15) is 37.9 Å². The summed E-state index contributed by atoms with van der Waals surface area (Å²) in [6.45, 7) is 9.66. The fourth-order valence-electron chi connectivity index (χ4n) is 4.85. The van der Waals surface area contributed by atoms with Gasteiger partial charge in [-0.05, 0) is 113 Å². The van der Waals surface area contributed by atoms with Crippen LogP contribution in [0.15, 0.2) is 128 Å². The minimum Gasteiger partial charge on any atom is -0.490 e. The van der Waals surface area contributed by atoms with E-state index in [1.807, 2.05) is 60.7 Å². The van der Waals surface area contributed by atoms with Gasteiger partial charge in [-0.3, -0.25) is 0 Å². The van der Waals surface area contributed by atoms with Crippen molar-refractivity contribution < 1.29 is 28.5 Å². The zero-order valence-electron chi connectivity index (χ0n) is 28.3. The molecule has 0 saturated carbocycles. The summed E-state index contributed by atoms with van der Waals surface area (Å²) in [7, 11) is 0. The lowest BCUT2D eigenvalue weighted by Crippen LogP contribution is -2.10. The second kappa shape index (κ2) is 18.1. The molecule has 0 radical (unpaired) electrons. The van der Waals surface area contributed by atoms with Crippen molar-refractivity contribution >= 4 is 34.9 Å². The van der Waals surface area contributed by atoms with Crippen molar-refractivity contribution in [2.45, 2.75) is 6.92 Å². The number of benzene rings is 5. The molecule has 0 fully saturated rings. The summed E-state index contributed by atoms with van der Waals surface area (Å²) in [4.78, 5) is 22.2. The Kier molecular flexibility index (Phi) is 12.6. The summed E-state index contributed by atoms with van der Waals surface area (Å²) in [5, 5.41) is 2.26. The van der Waals surface area contributed by atoms with Crippen molar-refractivity contribution in [1.29, 1.82) is 0 Å². The fourth-order valence-corrected chi connectivity index (χ4v) is 4.85. The van der Waals surface area contributed by atoms with E-state index in [4.69, 9.17) is 18.9 Å². The van der Waals surface area contributed by atoms with Crippen molar-refractivity contribution in [3.63, 3.8) is 0 Å². The molecule has 252 valence electrons. The highest BCUT2D eigenvalue weighted by Gasteiger charge is 2.01. The van der Waals surface area contributed by atoms with Crippen molar-refractivity contribution in [2.24, 2.45) is 0 Å². The lowest BCUT2D eigenvalue weighted by atomic mass is 10.0. The molecule has 6 heteroatoms. The number of fused-ring (bicyclic) bond motifs is 1. The maximum absolute atomic E-state index is 11.1. The Morgan fingerprint density at radius 1 is 0.549 bits per heavy atom. The van der Waals surface area contributed by atoms with Gasteiger partial charge >= 0.3 is 11.9 Å². The molecular weight excluding hydrogens is 636 g/mol. The highest BCUT2D eigenvalue weighted by Crippen LogP contribution is 2.21. The third-order valence-corrected chi connectivity index (χ3v) is 7.53. The average Bonchev–Trinajstić information content (AvgIpc) is 3.16. The molecule has 0 spiro atoms. The number of esters is 2. The first-order valence-electron chi connectivity index (χ1n) is 16.3. The molecule has 0 aliphatic rings. The van der Waals surface area contributed by atoms with Gasteiger partial charge < -0.3 is 18.9 Å². The van der Waals surface area contributed by atoms with E-state index in [0.29, 0.717) is 11.5 Å². The van der Waals surface area contributed by atoms with Gasteiger partial charge in [-0.1, -0.05) is 73.3 Å². The van der Waals surface area contributed by atoms with Crippen LogP contribution in [0.1, 0.15) is 38.9 Å². The Bertz CT molecular complexity index is 2190. The Morgan fingerprint density at radius 3 is 1.57 bits per heavy atom. The summed E-state index contributed by atoms with van der Waals surface area (Å²) >= 11 is 0. The van der Waals surface area contributed by atoms with Crippen LogP contribution in [0.3, 0.4) is 0 Å². The van der Waals surface area contributed by atoms with Crippen LogP contribution in [0.2, 0.25) is 0 Å². The third-order valence-electron chi connectivity index (χ3n) is 7.53. The largest absolute Gasteiger partial charge is 0.490 e. The third kappa shape index (κ3) is 11.1. The van der Waals surface area contributed by atoms with E-state index in [0.717, 1.165) is 61.9 Å². The molecule has 5 aromatic carbocycles. The smallest absolute Gasteiger partial charge is 0.330 e. The van der Waals surface area contributed by atoms with Crippen LogP contribution in [0.5, 0.6) is 11.5 Å². The molecule has 0 N–H and O–H groups in total. The van der Waals surface area contributed by atoms with Crippen LogP contribution >= 0.6 is 0 Å². The molecule has 51 heavy (non-hydrogen) atoms. The van der Waals surface area contributed by atoms with Crippen molar-refractivity contribution in [3.05, 3.63) is 167 Å². The van der Waals surface area contributed by atoms with Gasteiger partial charge in [0.15, 0.2) is 0 Å². The average molecular weight is 673 g/mol. The molecule has 0 bridgehead atoms. The van der Waals surface area contributed by atoms with E-state index in [1.165, 1.54) is 0 Å². The number of rotatable bonds is 12. The lowest BCUT2D eigenvalue weighted by molar-refractivity contribution is -0.139. The predicted molar refractivity (Wildman–Crippen MR) is 202 cm³/mol. The van der Waals surface area contributed by atoms with Crippen LogP contribution in [0, 0.1) is 30.6 Å². The Hall–Kier alpha value is -6.76. The summed E-state index contributed by atoms with van der Waals surface area (Å²) < 4.78 is 21.0. The van der Waals surface area contributed by atoms with Crippen molar-refractivity contribution in [2.75, 3.05) is 26.4 Å². The van der Waals surface area contributed by atoms with Crippen molar-refractivity contribution in [3.8, 4) is 35.2 Å². The van der Waals surface area contributed by atoms with Gasteiger partial charge in [-0.25, -0.2) is 9.59 Å². The van der Waals surface area contributed by atoms with Gasteiger partial charge in [-0.15, -0.1) is 0 Å². The maximum Gasteiger partial charge on any atom is 0.330 e. The van der Waals surface area contributed by atoms with Gasteiger partial charge in [0.2, 0.25) is 0 Å². The van der Waals surface area contributed by atoms with Gasteiger partial charge in [0.25, 0.3) is 0 Å². The second-order valence-electron chi connectivity index (χ2n) is 11.2. The summed E-state index contributed by atoms with van der Waals surface area (Å²) in [5.74, 6) is 13.3. The van der Waals surface area contributed by atoms with E-state index in [1.54, 1.807) is 0 Å². The van der Waals surface area contributed by atoms with E-state index in [-0.39, 0.29) is 26.4 Å². The second-order valence-corrected chi connectivity index (χ2v) is 11.2. The first-order valence-corrected chi connectivity index (χ1v) is 16.3. The van der Waals surface area contributed by atoms with E-state index in [2.05, 4.69) is 98.4 Å². The molecule has 5 rings (SSSR count). The van der Waals surface area contributed by atoms with Crippen molar-refractivity contribution in [1.82, 2.24) is 0 Å². The summed E-state index contributed by atoms with van der Waals surface area (Å²) in [6, 6.07) is 33.8. The molecule has 0 aliphatic carbocycles. The number of hydrogen-bond donors (Lipinski definition) is 0. The zero-order chi connectivity index (χ0) is 35.8. The minimum atomic E-state index is -0.468. The van der Waals surface area contributed by atoms with Gasteiger partial charge in [0, 0.05) is 34.4 Å². The van der Waals surface area contributed by atoms with E-state index < -0.39 is 11.9 Å². The molecule has 0 heterocycles.